The van der Waals surface area contributed by atoms with Crippen molar-refractivity contribution in [2.75, 3.05) is 14.1 Å². The van der Waals surface area contributed by atoms with Gasteiger partial charge >= 0.3 is 0 Å². The lowest BCUT2D eigenvalue weighted by Crippen LogP contribution is -2.23. The number of hydrogen-bond acceptors (Lipinski definition) is 5. The second-order valence-electron chi connectivity index (χ2n) is 6.47. The predicted molar refractivity (Wildman–Crippen MR) is 108 cm³/mol. The lowest BCUT2D eigenvalue weighted by atomic mass is 10.2. The molecule has 29 heavy (non-hydrogen) atoms. The van der Waals surface area contributed by atoms with Crippen molar-refractivity contribution in [1.29, 1.82) is 0 Å². The molecule has 7 nitrogen and oxygen atoms in total. The number of amides is 1. The van der Waals surface area contributed by atoms with Gasteiger partial charge in [0, 0.05) is 26.2 Å². The molecule has 0 radical (unpaired) electrons. The van der Waals surface area contributed by atoms with Crippen molar-refractivity contribution in [2.24, 2.45) is 0 Å². The van der Waals surface area contributed by atoms with Crippen molar-refractivity contribution < 1.29 is 22.4 Å². The Hall–Kier alpha value is -3.10. The maximum Gasteiger partial charge on any atom is 0.287 e. The van der Waals surface area contributed by atoms with E-state index >= 15 is 0 Å². The molecule has 1 aromatic heterocycles. The third kappa shape index (κ3) is 5.04. The molecule has 0 aliphatic heterocycles. The van der Waals surface area contributed by atoms with Gasteiger partial charge in [0.2, 0.25) is 5.09 Å². The largest absolute Gasteiger partial charge is 0.489 e. The molecular formula is C21H22N2O5S. The Kier molecular flexibility index (Phi) is 6.36. The highest BCUT2D eigenvalue weighted by molar-refractivity contribution is 7.88. The van der Waals surface area contributed by atoms with E-state index in [1.165, 1.54) is 26.2 Å². The summed E-state index contributed by atoms with van der Waals surface area (Å²) in [7, 11) is -0.945. The molecule has 0 bridgehead atoms. The van der Waals surface area contributed by atoms with Gasteiger partial charge in [-0.1, -0.05) is 48.5 Å². The summed E-state index contributed by atoms with van der Waals surface area (Å²) in [6, 6.07) is 19.8. The molecular weight excluding hydrogens is 392 g/mol. The number of furan rings is 1. The molecule has 0 saturated heterocycles. The van der Waals surface area contributed by atoms with E-state index in [2.05, 4.69) is 5.32 Å². The Morgan fingerprint density at radius 2 is 1.69 bits per heavy atom. The fourth-order valence-corrected chi connectivity index (χ4v) is 3.34. The lowest BCUT2D eigenvalue weighted by molar-refractivity contribution is 0.0917. The first-order valence-corrected chi connectivity index (χ1v) is 10.4. The summed E-state index contributed by atoms with van der Waals surface area (Å²) < 4.78 is 36.3. The molecule has 3 aromatic rings. The minimum absolute atomic E-state index is 0.0758. The average Bonchev–Trinajstić information content (AvgIpc) is 3.23. The molecule has 0 aliphatic rings. The summed E-state index contributed by atoms with van der Waals surface area (Å²) in [4.78, 5) is 12.4. The zero-order valence-corrected chi connectivity index (χ0v) is 17.0. The van der Waals surface area contributed by atoms with E-state index in [1.807, 2.05) is 54.6 Å². The molecule has 0 unspecified atom stereocenters. The Morgan fingerprint density at radius 3 is 2.41 bits per heavy atom. The van der Waals surface area contributed by atoms with Gasteiger partial charge in [-0.05, 0) is 23.8 Å². The summed E-state index contributed by atoms with van der Waals surface area (Å²) >= 11 is 0. The number of carbonyl (C=O) groups is 1. The van der Waals surface area contributed by atoms with Crippen molar-refractivity contribution in [3.63, 3.8) is 0 Å². The molecule has 0 fully saturated rings. The van der Waals surface area contributed by atoms with E-state index in [9.17, 15) is 13.2 Å². The molecule has 0 aliphatic carbocycles. The van der Waals surface area contributed by atoms with Crippen LogP contribution in [0.15, 0.2) is 76.2 Å². The van der Waals surface area contributed by atoms with Crippen molar-refractivity contribution in [2.45, 2.75) is 18.2 Å². The number of ether oxygens (including phenoxy) is 1. The number of nitrogens with zero attached hydrogens (tertiary/aromatic N) is 1. The second kappa shape index (κ2) is 8.93. The van der Waals surface area contributed by atoms with Gasteiger partial charge in [0.05, 0.1) is 0 Å². The van der Waals surface area contributed by atoms with Gasteiger partial charge in [0.15, 0.2) is 5.76 Å². The summed E-state index contributed by atoms with van der Waals surface area (Å²) in [5.74, 6) is 0.0724. The SMILES string of the molecule is CN(C)S(=O)(=O)c1ccc(C(=O)NCc2ccccc2OCc2ccccc2)o1. The molecule has 3 rings (SSSR count). The van der Waals surface area contributed by atoms with Crippen LogP contribution in [0.5, 0.6) is 5.75 Å². The van der Waals surface area contributed by atoms with Crippen LogP contribution < -0.4 is 10.1 Å². The smallest absolute Gasteiger partial charge is 0.287 e. The maximum absolute atomic E-state index is 12.4. The van der Waals surface area contributed by atoms with E-state index in [4.69, 9.17) is 9.15 Å². The number of carbonyl (C=O) groups excluding carboxylic acids is 1. The third-order valence-corrected chi connectivity index (χ3v) is 5.88. The van der Waals surface area contributed by atoms with Gasteiger partial charge in [0.1, 0.15) is 12.4 Å². The third-order valence-electron chi connectivity index (χ3n) is 4.19. The van der Waals surface area contributed by atoms with Crippen molar-refractivity contribution >= 4 is 15.9 Å². The highest BCUT2D eigenvalue weighted by Crippen LogP contribution is 2.20. The first kappa shape index (κ1) is 20.6. The van der Waals surface area contributed by atoms with Crippen molar-refractivity contribution in [3.05, 3.63) is 83.6 Å². The minimum atomic E-state index is -3.73. The van der Waals surface area contributed by atoms with Gasteiger partial charge in [0.25, 0.3) is 15.9 Å². The van der Waals surface area contributed by atoms with Gasteiger partial charge in [-0.25, -0.2) is 12.7 Å². The van der Waals surface area contributed by atoms with E-state index in [-0.39, 0.29) is 17.4 Å². The quantitative estimate of drug-likeness (QED) is 0.612. The molecule has 152 valence electrons. The molecule has 1 amide bonds. The van der Waals surface area contributed by atoms with E-state index in [0.717, 1.165) is 15.4 Å². The van der Waals surface area contributed by atoms with Crippen LogP contribution in [0, 0.1) is 0 Å². The minimum Gasteiger partial charge on any atom is -0.489 e. The molecule has 0 spiro atoms. The number of sulfonamides is 1. The molecule has 8 heteroatoms. The van der Waals surface area contributed by atoms with Gasteiger partial charge in [-0.3, -0.25) is 4.79 Å². The van der Waals surface area contributed by atoms with Crippen LogP contribution >= 0.6 is 0 Å². The molecule has 0 saturated carbocycles. The first-order chi connectivity index (χ1) is 13.9. The Bertz CT molecular complexity index is 1080. The van der Waals surface area contributed by atoms with Crippen LogP contribution in [-0.2, 0) is 23.2 Å². The number of benzene rings is 2. The summed E-state index contributed by atoms with van der Waals surface area (Å²) in [6.07, 6.45) is 0. The lowest BCUT2D eigenvalue weighted by Gasteiger charge is -2.12. The van der Waals surface area contributed by atoms with Crippen LogP contribution in [0.3, 0.4) is 0 Å². The van der Waals surface area contributed by atoms with Gasteiger partial charge in [-0.15, -0.1) is 0 Å². The van der Waals surface area contributed by atoms with Crippen LogP contribution in [0.1, 0.15) is 21.7 Å². The van der Waals surface area contributed by atoms with Crippen LogP contribution in [0.4, 0.5) is 0 Å². The topological polar surface area (TPSA) is 88.9 Å². The number of hydrogen-bond donors (Lipinski definition) is 1. The number of nitrogens with one attached hydrogen (secondary N) is 1. The highest BCUT2D eigenvalue weighted by Gasteiger charge is 2.23. The number of para-hydroxylation sites is 1. The zero-order valence-electron chi connectivity index (χ0n) is 16.2. The molecule has 0 atom stereocenters. The average molecular weight is 414 g/mol. The van der Waals surface area contributed by atoms with E-state index < -0.39 is 15.9 Å². The molecule has 1 heterocycles. The van der Waals surface area contributed by atoms with Crippen molar-refractivity contribution in [1.82, 2.24) is 9.62 Å². The first-order valence-electron chi connectivity index (χ1n) is 8.93. The highest BCUT2D eigenvalue weighted by atomic mass is 32.2. The fourth-order valence-electron chi connectivity index (χ4n) is 2.55. The monoisotopic (exact) mass is 414 g/mol. The Morgan fingerprint density at radius 1 is 1.00 bits per heavy atom. The van der Waals surface area contributed by atoms with E-state index in [1.54, 1.807) is 0 Å². The standard InChI is InChI=1S/C21H22N2O5S/c1-23(2)29(25,26)20-13-12-19(28-20)21(24)22-14-17-10-6-7-11-18(17)27-15-16-8-4-3-5-9-16/h3-13H,14-15H2,1-2H3,(H,22,24). The normalized spacial score (nSPS) is 11.4. The number of rotatable bonds is 8. The fraction of sp³-hybridized carbons (Fsp3) is 0.190. The van der Waals surface area contributed by atoms with Gasteiger partial charge < -0.3 is 14.5 Å². The summed E-state index contributed by atoms with van der Waals surface area (Å²) in [5.41, 5.74) is 1.83. The van der Waals surface area contributed by atoms with Crippen LogP contribution in [0.25, 0.3) is 0 Å². The molecule has 1 N–H and O–H groups in total. The van der Waals surface area contributed by atoms with Crippen LogP contribution in [-0.4, -0.2) is 32.7 Å². The van der Waals surface area contributed by atoms with Gasteiger partial charge in [-0.2, -0.15) is 0 Å². The predicted octanol–water partition coefficient (Wildman–Crippen LogP) is 3.04. The maximum atomic E-state index is 12.4. The Balaban J connectivity index is 1.64. The van der Waals surface area contributed by atoms with Crippen molar-refractivity contribution in [3.8, 4) is 5.75 Å². The van der Waals surface area contributed by atoms with E-state index in [0.29, 0.717) is 12.4 Å². The zero-order chi connectivity index (χ0) is 20.9. The second-order valence-corrected chi connectivity index (χ2v) is 8.55. The summed E-state index contributed by atoms with van der Waals surface area (Å²) in [5, 5.41) is 2.45. The Labute approximate surface area is 170 Å². The molecule has 2 aromatic carbocycles. The summed E-state index contributed by atoms with van der Waals surface area (Å²) in [6.45, 7) is 0.621. The van der Waals surface area contributed by atoms with Crippen LogP contribution in [0.2, 0.25) is 0 Å².